The summed E-state index contributed by atoms with van der Waals surface area (Å²) in [5.41, 5.74) is 1.86. The maximum Gasteiger partial charge on any atom is 0.328 e. The minimum atomic E-state index is -0.0147. The molecule has 1 aromatic heterocycles. The van der Waals surface area contributed by atoms with Gasteiger partial charge in [0.2, 0.25) is 0 Å². The summed E-state index contributed by atoms with van der Waals surface area (Å²) in [6, 6.07) is 9.79. The van der Waals surface area contributed by atoms with Crippen molar-refractivity contribution in [2.75, 3.05) is 0 Å². The van der Waals surface area contributed by atoms with E-state index in [0.717, 1.165) is 11.0 Å². The summed E-state index contributed by atoms with van der Waals surface area (Å²) in [6.07, 6.45) is 1.19. The Morgan fingerprint density at radius 2 is 2.00 bits per heavy atom. The SMILES string of the molecule is Cn1c(=O)n(CCCC#N)c2ccccc21. The second-order valence-electron chi connectivity index (χ2n) is 3.74. The fourth-order valence-corrected chi connectivity index (χ4v) is 1.90. The Hall–Kier alpha value is -2.02. The van der Waals surface area contributed by atoms with Crippen LogP contribution < -0.4 is 5.69 Å². The molecule has 0 aliphatic carbocycles. The summed E-state index contributed by atoms with van der Waals surface area (Å²) >= 11 is 0. The molecule has 82 valence electrons. The van der Waals surface area contributed by atoms with Gasteiger partial charge in [0.25, 0.3) is 0 Å². The molecule has 0 amide bonds. The quantitative estimate of drug-likeness (QED) is 0.731. The van der Waals surface area contributed by atoms with Crippen LogP contribution >= 0.6 is 0 Å². The number of hydrogen-bond donors (Lipinski definition) is 0. The van der Waals surface area contributed by atoms with Gasteiger partial charge < -0.3 is 0 Å². The van der Waals surface area contributed by atoms with Crippen molar-refractivity contribution in [3.63, 3.8) is 0 Å². The lowest BCUT2D eigenvalue weighted by molar-refractivity contribution is 0.632. The van der Waals surface area contributed by atoms with Gasteiger partial charge >= 0.3 is 5.69 Å². The maximum absolute atomic E-state index is 11.9. The van der Waals surface area contributed by atoms with Crippen LogP contribution in [0.25, 0.3) is 11.0 Å². The van der Waals surface area contributed by atoms with Crippen LogP contribution in [0, 0.1) is 11.3 Å². The number of nitrogens with zero attached hydrogens (tertiary/aromatic N) is 3. The molecular weight excluding hydrogens is 202 g/mol. The lowest BCUT2D eigenvalue weighted by atomic mass is 10.3. The molecule has 1 aromatic carbocycles. The van der Waals surface area contributed by atoms with Crippen molar-refractivity contribution in [3.05, 3.63) is 34.7 Å². The fraction of sp³-hybridized carbons (Fsp3) is 0.333. The molecule has 4 heteroatoms. The standard InChI is InChI=1S/C12H13N3O/c1-14-10-6-2-3-7-11(10)15(12(14)16)9-5-4-8-13/h2-3,6-7H,4-5,9H2,1H3. The number of unbranched alkanes of at least 4 members (excludes halogenated alkanes) is 1. The summed E-state index contributed by atoms with van der Waals surface area (Å²) in [7, 11) is 1.77. The van der Waals surface area contributed by atoms with Crippen molar-refractivity contribution in [1.82, 2.24) is 9.13 Å². The number of para-hydroxylation sites is 2. The van der Waals surface area contributed by atoms with E-state index in [1.165, 1.54) is 0 Å². The van der Waals surface area contributed by atoms with Gasteiger partial charge in [-0.15, -0.1) is 0 Å². The highest BCUT2D eigenvalue weighted by atomic mass is 16.1. The van der Waals surface area contributed by atoms with Gasteiger partial charge in [0.1, 0.15) is 0 Å². The van der Waals surface area contributed by atoms with Crippen LogP contribution in [0.4, 0.5) is 0 Å². The van der Waals surface area contributed by atoms with Gasteiger partial charge in [-0.1, -0.05) is 12.1 Å². The van der Waals surface area contributed by atoms with E-state index in [9.17, 15) is 4.79 Å². The number of fused-ring (bicyclic) bond motifs is 1. The molecule has 0 radical (unpaired) electrons. The molecule has 0 saturated carbocycles. The molecule has 0 spiro atoms. The van der Waals surface area contributed by atoms with E-state index in [0.29, 0.717) is 19.4 Å². The third-order valence-electron chi connectivity index (χ3n) is 2.72. The van der Waals surface area contributed by atoms with E-state index in [1.807, 2.05) is 24.3 Å². The summed E-state index contributed by atoms with van der Waals surface area (Å²) in [5.74, 6) is 0. The number of aryl methyl sites for hydroxylation is 2. The van der Waals surface area contributed by atoms with Crippen LogP contribution in [0.3, 0.4) is 0 Å². The lowest BCUT2D eigenvalue weighted by Gasteiger charge is -1.99. The molecule has 0 fully saturated rings. The van der Waals surface area contributed by atoms with Gasteiger partial charge in [0.05, 0.1) is 17.1 Å². The predicted molar refractivity (Wildman–Crippen MR) is 62.0 cm³/mol. The smallest absolute Gasteiger partial charge is 0.295 e. The van der Waals surface area contributed by atoms with Crippen LogP contribution in [0.5, 0.6) is 0 Å². The Morgan fingerprint density at radius 1 is 1.31 bits per heavy atom. The van der Waals surface area contributed by atoms with Crippen LogP contribution in [0.15, 0.2) is 29.1 Å². The van der Waals surface area contributed by atoms with Gasteiger partial charge in [-0.3, -0.25) is 9.13 Å². The van der Waals surface area contributed by atoms with E-state index in [2.05, 4.69) is 6.07 Å². The minimum Gasteiger partial charge on any atom is -0.295 e. The van der Waals surface area contributed by atoms with E-state index >= 15 is 0 Å². The second-order valence-corrected chi connectivity index (χ2v) is 3.74. The number of nitriles is 1. The first-order chi connectivity index (χ1) is 7.75. The zero-order chi connectivity index (χ0) is 11.5. The number of benzene rings is 1. The highest BCUT2D eigenvalue weighted by molar-refractivity contribution is 5.75. The van der Waals surface area contributed by atoms with Crippen LogP contribution in [-0.4, -0.2) is 9.13 Å². The van der Waals surface area contributed by atoms with E-state index in [-0.39, 0.29) is 5.69 Å². The molecule has 4 nitrogen and oxygen atoms in total. The van der Waals surface area contributed by atoms with E-state index in [1.54, 1.807) is 16.2 Å². The third-order valence-corrected chi connectivity index (χ3v) is 2.72. The number of rotatable bonds is 3. The van der Waals surface area contributed by atoms with E-state index in [4.69, 9.17) is 5.26 Å². The molecular formula is C12H13N3O. The van der Waals surface area contributed by atoms with Crippen molar-refractivity contribution in [1.29, 1.82) is 5.26 Å². The first-order valence-electron chi connectivity index (χ1n) is 5.27. The minimum absolute atomic E-state index is 0.0147. The molecule has 0 bridgehead atoms. The Kier molecular flexibility index (Phi) is 2.78. The van der Waals surface area contributed by atoms with Gasteiger partial charge in [0, 0.05) is 20.0 Å². The molecule has 2 aromatic rings. The predicted octanol–water partition coefficient (Wildman–Crippen LogP) is 1.64. The summed E-state index contributed by atoms with van der Waals surface area (Å²) < 4.78 is 3.37. The van der Waals surface area contributed by atoms with Gasteiger partial charge in [-0.2, -0.15) is 5.26 Å². The van der Waals surface area contributed by atoms with Crippen LogP contribution in [0.1, 0.15) is 12.8 Å². The zero-order valence-electron chi connectivity index (χ0n) is 9.18. The van der Waals surface area contributed by atoms with Crippen LogP contribution in [0.2, 0.25) is 0 Å². The summed E-state index contributed by atoms with van der Waals surface area (Å²) in [5, 5.41) is 8.49. The third kappa shape index (κ3) is 1.61. The summed E-state index contributed by atoms with van der Waals surface area (Å²) in [4.78, 5) is 11.9. The first-order valence-corrected chi connectivity index (χ1v) is 5.27. The molecule has 0 unspecified atom stereocenters. The number of hydrogen-bond acceptors (Lipinski definition) is 2. The normalized spacial score (nSPS) is 10.5. The molecule has 1 heterocycles. The fourth-order valence-electron chi connectivity index (χ4n) is 1.90. The average molecular weight is 215 g/mol. The molecule has 0 aliphatic heterocycles. The van der Waals surface area contributed by atoms with Crippen molar-refractivity contribution < 1.29 is 0 Å². The van der Waals surface area contributed by atoms with Gasteiger partial charge in [-0.05, 0) is 18.6 Å². The molecule has 2 rings (SSSR count). The number of aromatic nitrogens is 2. The van der Waals surface area contributed by atoms with Crippen molar-refractivity contribution in [2.45, 2.75) is 19.4 Å². The Morgan fingerprint density at radius 3 is 2.69 bits per heavy atom. The molecule has 0 aliphatic rings. The van der Waals surface area contributed by atoms with Crippen molar-refractivity contribution in [2.24, 2.45) is 7.05 Å². The topological polar surface area (TPSA) is 50.7 Å². The first kappa shape index (κ1) is 10.5. The molecule has 0 saturated heterocycles. The van der Waals surface area contributed by atoms with Gasteiger partial charge in [-0.25, -0.2) is 4.79 Å². The highest BCUT2D eigenvalue weighted by Gasteiger charge is 2.08. The van der Waals surface area contributed by atoms with Crippen LogP contribution in [-0.2, 0) is 13.6 Å². The Bertz CT molecular complexity index is 601. The molecule has 0 atom stereocenters. The van der Waals surface area contributed by atoms with Crippen molar-refractivity contribution in [3.8, 4) is 6.07 Å². The van der Waals surface area contributed by atoms with Gasteiger partial charge in [0.15, 0.2) is 0 Å². The lowest BCUT2D eigenvalue weighted by Crippen LogP contribution is -2.22. The molecule has 0 N–H and O–H groups in total. The maximum atomic E-state index is 11.9. The second kappa shape index (κ2) is 4.23. The average Bonchev–Trinajstić information content (AvgIpc) is 2.55. The molecule has 16 heavy (non-hydrogen) atoms. The largest absolute Gasteiger partial charge is 0.328 e. The van der Waals surface area contributed by atoms with Crippen molar-refractivity contribution >= 4 is 11.0 Å². The highest BCUT2D eigenvalue weighted by Crippen LogP contribution is 2.11. The Labute approximate surface area is 93.3 Å². The van der Waals surface area contributed by atoms with E-state index < -0.39 is 0 Å². The zero-order valence-corrected chi connectivity index (χ0v) is 9.18. The Balaban J connectivity index is 2.48. The number of imidazole rings is 1. The monoisotopic (exact) mass is 215 g/mol. The summed E-state index contributed by atoms with van der Waals surface area (Å²) in [6.45, 7) is 0.605.